The molecule has 0 bridgehead atoms. The molecule has 0 saturated carbocycles. The highest BCUT2D eigenvalue weighted by molar-refractivity contribution is 7.80. The van der Waals surface area contributed by atoms with E-state index >= 15 is 0 Å². The number of hydrogen-bond acceptors (Lipinski definition) is 2. The minimum atomic E-state index is -0.353. The normalized spacial score (nSPS) is 10.8. The quantitative estimate of drug-likeness (QED) is 0.439. The van der Waals surface area contributed by atoms with E-state index in [1.165, 1.54) is 6.08 Å². The molecule has 0 aromatic heterocycles. The molecule has 1 amide bonds. The van der Waals surface area contributed by atoms with Crippen LogP contribution in [0.2, 0.25) is 10.0 Å². The number of nitrogens with one attached hydrogen (secondary N) is 2. The van der Waals surface area contributed by atoms with Crippen LogP contribution in [0.1, 0.15) is 5.56 Å². The molecule has 0 unspecified atom stereocenters. The van der Waals surface area contributed by atoms with Crippen molar-refractivity contribution in [3.63, 3.8) is 0 Å². The van der Waals surface area contributed by atoms with Crippen molar-refractivity contribution in [2.24, 2.45) is 0 Å². The molecule has 0 aliphatic heterocycles. The molecule has 0 heterocycles. The summed E-state index contributed by atoms with van der Waals surface area (Å²) >= 11 is 17.2. The van der Waals surface area contributed by atoms with E-state index in [4.69, 9.17) is 35.4 Å². The van der Waals surface area contributed by atoms with Crippen molar-refractivity contribution in [3.8, 4) is 0 Å². The first kappa shape index (κ1) is 18.4. The van der Waals surface area contributed by atoms with E-state index < -0.39 is 0 Å². The molecule has 0 atom stereocenters. The van der Waals surface area contributed by atoms with Gasteiger partial charge in [0.25, 0.3) is 0 Å². The highest BCUT2D eigenvalue weighted by atomic mass is 35.5. The van der Waals surface area contributed by atoms with Crippen LogP contribution >= 0.6 is 35.4 Å². The molecule has 0 aliphatic carbocycles. The smallest absolute Gasteiger partial charge is 0.250 e. The summed E-state index contributed by atoms with van der Waals surface area (Å²) in [7, 11) is 0. The van der Waals surface area contributed by atoms with Gasteiger partial charge in [0, 0.05) is 27.2 Å². The standard InChI is InChI=1S/C20H14Cl2N2OS/c21-15-10-8-14(17(22)12-15)9-11-19(25)24-20(26)23-18-7-3-5-13-4-1-2-6-16(13)18/h1-12H,(H2,23,24,25,26). The Bertz CT molecular complexity index is 1010. The Balaban J connectivity index is 1.66. The van der Waals surface area contributed by atoms with Crippen molar-refractivity contribution >= 4 is 69.0 Å². The highest BCUT2D eigenvalue weighted by Gasteiger charge is 2.05. The van der Waals surface area contributed by atoms with Gasteiger partial charge in [-0.1, -0.05) is 65.7 Å². The van der Waals surface area contributed by atoms with Crippen LogP contribution in [0.15, 0.2) is 66.7 Å². The number of benzene rings is 3. The minimum Gasteiger partial charge on any atom is -0.332 e. The fourth-order valence-electron chi connectivity index (χ4n) is 2.44. The third-order valence-corrected chi connectivity index (χ3v) is 4.42. The molecule has 130 valence electrons. The van der Waals surface area contributed by atoms with E-state index in [1.54, 1.807) is 24.3 Å². The monoisotopic (exact) mass is 400 g/mol. The lowest BCUT2D eigenvalue weighted by molar-refractivity contribution is -0.115. The summed E-state index contributed by atoms with van der Waals surface area (Å²) in [6, 6.07) is 18.8. The lowest BCUT2D eigenvalue weighted by atomic mass is 10.1. The van der Waals surface area contributed by atoms with Crippen molar-refractivity contribution in [3.05, 3.63) is 82.3 Å². The molecule has 3 rings (SSSR count). The maximum Gasteiger partial charge on any atom is 0.250 e. The molecule has 0 aliphatic rings. The Morgan fingerprint density at radius 1 is 1.00 bits per heavy atom. The van der Waals surface area contributed by atoms with Gasteiger partial charge in [-0.25, -0.2) is 0 Å². The molecular formula is C20H14Cl2N2OS. The summed E-state index contributed by atoms with van der Waals surface area (Å²) in [5.74, 6) is -0.353. The minimum absolute atomic E-state index is 0.221. The second-order valence-corrected chi connectivity index (χ2v) is 6.72. The van der Waals surface area contributed by atoms with Gasteiger partial charge in [-0.15, -0.1) is 0 Å². The van der Waals surface area contributed by atoms with E-state index in [0.29, 0.717) is 15.6 Å². The largest absolute Gasteiger partial charge is 0.332 e. The zero-order valence-electron chi connectivity index (χ0n) is 13.5. The van der Waals surface area contributed by atoms with Gasteiger partial charge in [-0.2, -0.15) is 0 Å². The van der Waals surface area contributed by atoms with Crippen LogP contribution in [-0.2, 0) is 4.79 Å². The van der Waals surface area contributed by atoms with E-state index in [1.807, 2.05) is 42.5 Å². The predicted octanol–water partition coefficient (Wildman–Crippen LogP) is 5.67. The van der Waals surface area contributed by atoms with E-state index in [2.05, 4.69) is 10.6 Å². The topological polar surface area (TPSA) is 41.1 Å². The Labute approximate surface area is 166 Å². The lowest BCUT2D eigenvalue weighted by Crippen LogP contribution is -2.32. The molecule has 0 fully saturated rings. The maximum atomic E-state index is 12.1. The molecule has 6 heteroatoms. The van der Waals surface area contributed by atoms with Crippen LogP contribution in [0.5, 0.6) is 0 Å². The number of fused-ring (bicyclic) bond motifs is 1. The van der Waals surface area contributed by atoms with Crippen LogP contribution in [0.25, 0.3) is 16.8 Å². The van der Waals surface area contributed by atoms with Crippen LogP contribution < -0.4 is 10.6 Å². The van der Waals surface area contributed by atoms with Crippen molar-refractivity contribution in [1.82, 2.24) is 5.32 Å². The van der Waals surface area contributed by atoms with Crippen molar-refractivity contribution in [2.45, 2.75) is 0 Å². The summed E-state index contributed by atoms with van der Waals surface area (Å²) < 4.78 is 0. The number of halogens is 2. The fourth-order valence-corrected chi connectivity index (χ4v) is 3.13. The molecule has 0 radical (unpaired) electrons. The zero-order chi connectivity index (χ0) is 18.5. The second-order valence-electron chi connectivity index (χ2n) is 5.47. The molecular weight excluding hydrogens is 387 g/mol. The Morgan fingerprint density at radius 2 is 1.77 bits per heavy atom. The number of amides is 1. The Morgan fingerprint density at radius 3 is 2.58 bits per heavy atom. The van der Waals surface area contributed by atoms with Gasteiger partial charge in [0.2, 0.25) is 5.91 Å². The average Bonchev–Trinajstić information content (AvgIpc) is 2.61. The molecule has 0 spiro atoms. The van der Waals surface area contributed by atoms with Gasteiger partial charge >= 0.3 is 0 Å². The first-order valence-electron chi connectivity index (χ1n) is 7.76. The highest BCUT2D eigenvalue weighted by Crippen LogP contribution is 2.23. The number of hydrogen-bond donors (Lipinski definition) is 2. The average molecular weight is 401 g/mol. The number of rotatable bonds is 3. The predicted molar refractivity (Wildman–Crippen MR) is 114 cm³/mol. The molecule has 0 saturated heterocycles. The summed E-state index contributed by atoms with van der Waals surface area (Å²) in [6.45, 7) is 0. The van der Waals surface area contributed by atoms with E-state index in [0.717, 1.165) is 16.5 Å². The van der Waals surface area contributed by atoms with Gasteiger partial charge in [-0.3, -0.25) is 10.1 Å². The van der Waals surface area contributed by atoms with Crippen molar-refractivity contribution in [1.29, 1.82) is 0 Å². The van der Waals surface area contributed by atoms with Crippen LogP contribution in [0, 0.1) is 0 Å². The van der Waals surface area contributed by atoms with Gasteiger partial charge in [0.15, 0.2) is 5.11 Å². The summed E-state index contributed by atoms with van der Waals surface area (Å²) in [5, 5.41) is 9.01. The van der Waals surface area contributed by atoms with Crippen LogP contribution in [0.4, 0.5) is 5.69 Å². The number of thiocarbonyl (C=S) groups is 1. The Kier molecular flexibility index (Phi) is 5.89. The van der Waals surface area contributed by atoms with Crippen molar-refractivity contribution in [2.75, 3.05) is 5.32 Å². The zero-order valence-corrected chi connectivity index (χ0v) is 15.8. The Hall–Kier alpha value is -2.40. The summed E-state index contributed by atoms with van der Waals surface area (Å²) in [5.41, 5.74) is 1.53. The summed E-state index contributed by atoms with van der Waals surface area (Å²) in [4.78, 5) is 12.1. The first-order valence-corrected chi connectivity index (χ1v) is 8.92. The van der Waals surface area contributed by atoms with E-state index in [-0.39, 0.29) is 11.0 Å². The molecule has 3 aromatic rings. The van der Waals surface area contributed by atoms with Crippen LogP contribution in [-0.4, -0.2) is 11.0 Å². The molecule has 3 aromatic carbocycles. The van der Waals surface area contributed by atoms with Gasteiger partial charge in [-0.05, 0) is 47.4 Å². The second kappa shape index (κ2) is 8.32. The molecule has 3 nitrogen and oxygen atoms in total. The van der Waals surface area contributed by atoms with Gasteiger partial charge in [0.1, 0.15) is 0 Å². The SMILES string of the molecule is O=C(C=Cc1ccc(Cl)cc1Cl)NC(=S)Nc1cccc2ccccc12. The van der Waals surface area contributed by atoms with Gasteiger partial charge in [0.05, 0.1) is 0 Å². The molecule has 2 N–H and O–H groups in total. The number of carbonyl (C=O) groups is 1. The van der Waals surface area contributed by atoms with Gasteiger partial charge < -0.3 is 5.32 Å². The lowest BCUT2D eigenvalue weighted by Gasteiger charge is -2.11. The fraction of sp³-hybridized carbons (Fsp3) is 0. The molecule has 26 heavy (non-hydrogen) atoms. The maximum absolute atomic E-state index is 12.1. The van der Waals surface area contributed by atoms with Crippen molar-refractivity contribution < 1.29 is 4.79 Å². The van der Waals surface area contributed by atoms with E-state index in [9.17, 15) is 4.79 Å². The summed E-state index contributed by atoms with van der Waals surface area (Å²) in [6.07, 6.45) is 2.97. The number of carbonyl (C=O) groups excluding carboxylic acids is 1. The third-order valence-electron chi connectivity index (χ3n) is 3.65. The van der Waals surface area contributed by atoms with Crippen LogP contribution in [0.3, 0.4) is 0 Å². The third kappa shape index (κ3) is 4.61. The first-order chi connectivity index (χ1) is 12.5. The number of anilines is 1.